The first-order valence-electron chi connectivity index (χ1n) is 5.41. The zero-order chi connectivity index (χ0) is 13.5. The molecule has 1 aromatic carbocycles. The quantitative estimate of drug-likeness (QED) is 0.777. The maximum Gasteiger partial charge on any atom is 0.336 e. The van der Waals surface area contributed by atoms with Crippen molar-refractivity contribution in [2.45, 2.75) is 19.6 Å². The fraction of sp³-hybridized carbons (Fsp3) is 0.308. The van der Waals surface area contributed by atoms with Crippen molar-refractivity contribution in [3.8, 4) is 11.5 Å². The summed E-state index contributed by atoms with van der Waals surface area (Å²) >= 11 is 0. The van der Waals surface area contributed by atoms with Crippen LogP contribution in [0.2, 0.25) is 0 Å². The van der Waals surface area contributed by atoms with Gasteiger partial charge in [-0.05, 0) is 32.0 Å². The summed E-state index contributed by atoms with van der Waals surface area (Å²) in [5, 5.41) is 19.9. The number of ether oxygens (including phenoxy) is 2. The third-order valence-corrected chi connectivity index (χ3v) is 3.19. The third-order valence-electron chi connectivity index (χ3n) is 3.19. The largest absolute Gasteiger partial charge is 0.504 e. The zero-order valence-electron chi connectivity index (χ0n) is 10.4. The number of hydrogen-bond acceptors (Lipinski definition) is 5. The highest BCUT2D eigenvalue weighted by atomic mass is 16.7. The SMILES string of the molecule is COc1cc(C2(O)OC(=O)C(C)=C2C)ccc1O. The van der Waals surface area contributed by atoms with E-state index in [2.05, 4.69) is 0 Å². The molecule has 0 saturated heterocycles. The summed E-state index contributed by atoms with van der Waals surface area (Å²) in [6.45, 7) is 3.22. The second kappa shape index (κ2) is 4.03. The molecule has 0 saturated carbocycles. The van der Waals surface area contributed by atoms with Crippen LogP contribution in [0.5, 0.6) is 11.5 Å². The molecule has 0 radical (unpaired) electrons. The highest BCUT2D eigenvalue weighted by Gasteiger charge is 2.44. The normalized spacial score (nSPS) is 23.2. The van der Waals surface area contributed by atoms with E-state index in [1.165, 1.54) is 25.3 Å². The van der Waals surface area contributed by atoms with Gasteiger partial charge in [0.25, 0.3) is 5.79 Å². The van der Waals surface area contributed by atoms with Crippen molar-refractivity contribution >= 4 is 5.97 Å². The number of benzene rings is 1. The van der Waals surface area contributed by atoms with Crippen molar-refractivity contribution in [2.75, 3.05) is 7.11 Å². The van der Waals surface area contributed by atoms with Gasteiger partial charge in [-0.25, -0.2) is 4.79 Å². The van der Waals surface area contributed by atoms with Gasteiger partial charge in [-0.2, -0.15) is 0 Å². The summed E-state index contributed by atoms with van der Waals surface area (Å²) in [6, 6.07) is 4.29. The van der Waals surface area contributed by atoms with E-state index in [0.29, 0.717) is 16.7 Å². The van der Waals surface area contributed by atoms with Gasteiger partial charge in [-0.3, -0.25) is 0 Å². The van der Waals surface area contributed by atoms with Gasteiger partial charge in [0, 0.05) is 16.7 Å². The summed E-state index contributed by atoms with van der Waals surface area (Å²) in [6.07, 6.45) is 0. The van der Waals surface area contributed by atoms with Crippen molar-refractivity contribution in [2.24, 2.45) is 0 Å². The fourth-order valence-corrected chi connectivity index (χ4v) is 1.86. The van der Waals surface area contributed by atoms with E-state index in [9.17, 15) is 15.0 Å². The Kier molecular flexibility index (Phi) is 2.78. The Morgan fingerprint density at radius 2 is 2.00 bits per heavy atom. The van der Waals surface area contributed by atoms with E-state index in [0.717, 1.165) is 0 Å². The number of aliphatic hydroxyl groups is 1. The molecule has 0 spiro atoms. The van der Waals surface area contributed by atoms with Crippen molar-refractivity contribution in [3.05, 3.63) is 34.9 Å². The van der Waals surface area contributed by atoms with Crippen molar-refractivity contribution in [1.82, 2.24) is 0 Å². The lowest BCUT2D eigenvalue weighted by atomic mass is 9.97. The predicted molar refractivity (Wildman–Crippen MR) is 63.0 cm³/mol. The Labute approximate surface area is 104 Å². The van der Waals surface area contributed by atoms with Crippen LogP contribution in [-0.4, -0.2) is 23.3 Å². The molecule has 0 aromatic heterocycles. The minimum atomic E-state index is -1.79. The smallest absolute Gasteiger partial charge is 0.336 e. The van der Waals surface area contributed by atoms with Crippen LogP contribution in [-0.2, 0) is 15.3 Å². The minimum absolute atomic E-state index is 0.0486. The van der Waals surface area contributed by atoms with Crippen LogP contribution in [0, 0.1) is 0 Å². The van der Waals surface area contributed by atoms with Gasteiger partial charge < -0.3 is 19.7 Å². The molecular weight excluding hydrogens is 236 g/mol. The molecule has 1 atom stereocenters. The lowest BCUT2D eigenvalue weighted by molar-refractivity contribution is -0.185. The van der Waals surface area contributed by atoms with Crippen LogP contribution >= 0.6 is 0 Å². The molecule has 18 heavy (non-hydrogen) atoms. The Bertz CT molecular complexity index is 546. The Morgan fingerprint density at radius 3 is 2.50 bits per heavy atom. The van der Waals surface area contributed by atoms with Gasteiger partial charge in [-0.15, -0.1) is 0 Å². The number of hydrogen-bond donors (Lipinski definition) is 2. The molecule has 5 nitrogen and oxygen atoms in total. The second-order valence-electron chi connectivity index (χ2n) is 4.17. The van der Waals surface area contributed by atoms with Gasteiger partial charge in [-0.1, -0.05) is 0 Å². The topological polar surface area (TPSA) is 76.0 Å². The molecule has 1 aliphatic rings. The minimum Gasteiger partial charge on any atom is -0.504 e. The fourth-order valence-electron chi connectivity index (χ4n) is 1.86. The van der Waals surface area contributed by atoms with Crippen molar-refractivity contribution in [3.63, 3.8) is 0 Å². The number of methoxy groups -OCH3 is 1. The number of phenols is 1. The zero-order valence-corrected chi connectivity index (χ0v) is 10.4. The number of phenolic OH excluding ortho intramolecular Hbond substituents is 1. The molecule has 5 heteroatoms. The van der Waals surface area contributed by atoms with Crippen LogP contribution in [0.3, 0.4) is 0 Å². The monoisotopic (exact) mass is 250 g/mol. The van der Waals surface area contributed by atoms with Gasteiger partial charge in [0.2, 0.25) is 0 Å². The summed E-state index contributed by atoms with van der Waals surface area (Å²) < 4.78 is 9.97. The van der Waals surface area contributed by atoms with Crippen LogP contribution in [0.25, 0.3) is 0 Å². The standard InChI is InChI=1S/C13H14O5/c1-7-8(2)13(16,18-12(7)15)9-4-5-10(14)11(6-9)17-3/h4-6,14,16H,1-3H3. The van der Waals surface area contributed by atoms with E-state index in [-0.39, 0.29) is 11.5 Å². The predicted octanol–water partition coefficient (Wildman–Crippen LogP) is 1.44. The number of aromatic hydroxyl groups is 1. The molecule has 0 aliphatic carbocycles. The molecular formula is C13H14O5. The molecule has 1 unspecified atom stereocenters. The molecule has 0 amide bonds. The van der Waals surface area contributed by atoms with E-state index < -0.39 is 11.8 Å². The van der Waals surface area contributed by atoms with E-state index in [1.807, 2.05) is 0 Å². The lowest BCUT2D eigenvalue weighted by Gasteiger charge is -2.24. The third kappa shape index (κ3) is 1.64. The van der Waals surface area contributed by atoms with Crippen molar-refractivity contribution in [1.29, 1.82) is 0 Å². The number of esters is 1. The molecule has 1 aliphatic heterocycles. The Balaban J connectivity index is 2.53. The summed E-state index contributed by atoms with van der Waals surface area (Å²) in [7, 11) is 1.40. The van der Waals surface area contributed by atoms with E-state index >= 15 is 0 Å². The molecule has 2 rings (SSSR count). The first kappa shape index (κ1) is 12.4. The highest BCUT2D eigenvalue weighted by Crippen LogP contribution is 2.41. The molecule has 0 bridgehead atoms. The number of carbonyl (C=O) groups is 1. The highest BCUT2D eigenvalue weighted by molar-refractivity contribution is 5.92. The Hall–Kier alpha value is -2.01. The first-order valence-corrected chi connectivity index (χ1v) is 5.41. The number of carbonyl (C=O) groups excluding carboxylic acids is 1. The van der Waals surface area contributed by atoms with Gasteiger partial charge in [0.1, 0.15) is 0 Å². The molecule has 1 heterocycles. The maximum atomic E-state index is 11.5. The maximum absolute atomic E-state index is 11.5. The van der Waals surface area contributed by atoms with Crippen LogP contribution in [0.15, 0.2) is 29.3 Å². The van der Waals surface area contributed by atoms with Crippen LogP contribution in [0.4, 0.5) is 0 Å². The number of rotatable bonds is 2. The Morgan fingerprint density at radius 1 is 1.33 bits per heavy atom. The summed E-state index contributed by atoms with van der Waals surface area (Å²) in [5.74, 6) is -2.19. The van der Waals surface area contributed by atoms with Crippen LogP contribution < -0.4 is 4.74 Å². The average Bonchev–Trinajstić information content (AvgIpc) is 2.55. The van der Waals surface area contributed by atoms with E-state index in [1.54, 1.807) is 13.8 Å². The number of cyclic esters (lactones) is 1. The lowest BCUT2D eigenvalue weighted by Crippen LogP contribution is -2.27. The summed E-state index contributed by atoms with van der Waals surface area (Å²) in [4.78, 5) is 11.5. The van der Waals surface area contributed by atoms with Gasteiger partial charge in [0.15, 0.2) is 11.5 Å². The van der Waals surface area contributed by atoms with Crippen molar-refractivity contribution < 1.29 is 24.5 Å². The first-order chi connectivity index (χ1) is 8.40. The second-order valence-corrected chi connectivity index (χ2v) is 4.17. The van der Waals surface area contributed by atoms with Gasteiger partial charge >= 0.3 is 5.97 Å². The summed E-state index contributed by atoms with van der Waals surface area (Å²) in [5.41, 5.74) is 1.14. The average molecular weight is 250 g/mol. The molecule has 96 valence electrons. The molecule has 2 N–H and O–H groups in total. The van der Waals surface area contributed by atoms with Gasteiger partial charge in [0.05, 0.1) is 7.11 Å². The molecule has 0 fully saturated rings. The van der Waals surface area contributed by atoms with E-state index in [4.69, 9.17) is 9.47 Å². The van der Waals surface area contributed by atoms with Crippen LogP contribution in [0.1, 0.15) is 19.4 Å². The molecule has 1 aromatic rings.